The fourth-order valence-electron chi connectivity index (χ4n) is 0.786. The first kappa shape index (κ1) is 11.4. The highest BCUT2D eigenvalue weighted by Gasteiger charge is 2.26. The molecule has 0 rings (SSSR count). The maximum atomic E-state index is 8.90. The maximum absolute atomic E-state index is 8.90. The fourth-order valence-corrected chi connectivity index (χ4v) is 0.786. The Bertz CT molecular complexity index is 162. The molecule has 3 heteroatoms. The molecule has 12 heavy (non-hydrogen) atoms. The van der Waals surface area contributed by atoms with Gasteiger partial charge in [0.1, 0.15) is 5.54 Å². The molecule has 0 bridgehead atoms. The van der Waals surface area contributed by atoms with E-state index in [-0.39, 0.29) is 0 Å². The number of nitriles is 1. The van der Waals surface area contributed by atoms with Crippen LogP contribution in [0.4, 0.5) is 0 Å². The molecule has 1 unspecified atom stereocenters. The van der Waals surface area contributed by atoms with Gasteiger partial charge in [0.15, 0.2) is 0 Å². The zero-order chi connectivity index (χ0) is 9.61. The molecule has 0 radical (unpaired) electrons. The molecule has 70 valence electrons. The molecule has 0 saturated carbocycles. The molecule has 0 aromatic heterocycles. The smallest absolute Gasteiger partial charge is 0.106 e. The predicted octanol–water partition coefficient (Wildman–Crippen LogP) is 1.16. The molecule has 0 aliphatic heterocycles. The van der Waals surface area contributed by atoms with E-state index in [4.69, 9.17) is 10.00 Å². The molecular weight excluding hydrogens is 152 g/mol. The van der Waals surface area contributed by atoms with E-state index in [1.165, 1.54) is 0 Å². The van der Waals surface area contributed by atoms with E-state index in [1.807, 2.05) is 20.8 Å². The van der Waals surface area contributed by atoms with Crippen LogP contribution < -0.4 is 5.32 Å². The Morgan fingerprint density at radius 1 is 1.58 bits per heavy atom. The van der Waals surface area contributed by atoms with Gasteiger partial charge in [-0.2, -0.15) is 5.26 Å². The lowest BCUT2D eigenvalue weighted by atomic mass is 9.90. The van der Waals surface area contributed by atoms with Crippen molar-refractivity contribution in [3.63, 3.8) is 0 Å². The van der Waals surface area contributed by atoms with E-state index in [1.54, 1.807) is 7.11 Å². The summed E-state index contributed by atoms with van der Waals surface area (Å²) in [6, 6.07) is 2.27. The summed E-state index contributed by atoms with van der Waals surface area (Å²) in [4.78, 5) is 0. The highest BCUT2D eigenvalue weighted by Crippen LogP contribution is 2.14. The molecule has 0 aliphatic carbocycles. The first-order chi connectivity index (χ1) is 5.56. The van der Waals surface area contributed by atoms with Gasteiger partial charge in [-0.25, -0.2) is 0 Å². The molecule has 0 amide bonds. The van der Waals surface area contributed by atoms with Crippen LogP contribution in [0.15, 0.2) is 0 Å². The van der Waals surface area contributed by atoms with Gasteiger partial charge in [0.05, 0.1) is 12.7 Å². The summed E-state index contributed by atoms with van der Waals surface area (Å²) in [5, 5.41) is 12.1. The standard InChI is InChI=1S/C9H18N2O/c1-8(2)9(3,7-10)11-5-6-12-4/h8,11H,5-6H2,1-4H3. The van der Waals surface area contributed by atoms with Gasteiger partial charge in [0.25, 0.3) is 0 Å². The first-order valence-electron chi connectivity index (χ1n) is 4.22. The summed E-state index contributed by atoms with van der Waals surface area (Å²) in [6.07, 6.45) is 0. The van der Waals surface area contributed by atoms with Crippen LogP contribution in [-0.4, -0.2) is 25.8 Å². The quantitative estimate of drug-likeness (QED) is 0.630. The third-order valence-electron chi connectivity index (χ3n) is 2.19. The first-order valence-corrected chi connectivity index (χ1v) is 4.22. The molecule has 1 atom stereocenters. The average Bonchev–Trinajstić information content (AvgIpc) is 2.04. The van der Waals surface area contributed by atoms with Crippen molar-refractivity contribution in [1.82, 2.24) is 5.32 Å². The lowest BCUT2D eigenvalue weighted by Crippen LogP contribution is -2.46. The molecule has 1 N–H and O–H groups in total. The van der Waals surface area contributed by atoms with Gasteiger partial charge < -0.3 is 4.74 Å². The third-order valence-corrected chi connectivity index (χ3v) is 2.19. The van der Waals surface area contributed by atoms with Gasteiger partial charge in [-0.15, -0.1) is 0 Å². The number of methoxy groups -OCH3 is 1. The summed E-state index contributed by atoms with van der Waals surface area (Å²) in [7, 11) is 1.65. The van der Waals surface area contributed by atoms with Crippen molar-refractivity contribution in [2.45, 2.75) is 26.3 Å². The van der Waals surface area contributed by atoms with Crippen LogP contribution in [0, 0.1) is 17.2 Å². The molecule has 0 aromatic rings. The van der Waals surface area contributed by atoms with E-state index < -0.39 is 5.54 Å². The minimum atomic E-state index is -0.432. The number of rotatable bonds is 5. The van der Waals surface area contributed by atoms with Crippen LogP contribution in [0.1, 0.15) is 20.8 Å². The summed E-state index contributed by atoms with van der Waals surface area (Å²) in [6.45, 7) is 7.34. The van der Waals surface area contributed by atoms with Crippen LogP contribution >= 0.6 is 0 Å². The van der Waals surface area contributed by atoms with Gasteiger partial charge in [-0.3, -0.25) is 5.32 Å². The monoisotopic (exact) mass is 170 g/mol. The second-order valence-corrected chi connectivity index (χ2v) is 3.39. The largest absolute Gasteiger partial charge is 0.383 e. The van der Waals surface area contributed by atoms with E-state index in [0.29, 0.717) is 12.5 Å². The van der Waals surface area contributed by atoms with Crippen molar-refractivity contribution in [3.8, 4) is 6.07 Å². The number of hydrogen-bond acceptors (Lipinski definition) is 3. The number of ether oxygens (including phenoxy) is 1. The lowest BCUT2D eigenvalue weighted by Gasteiger charge is -2.27. The summed E-state index contributed by atoms with van der Waals surface area (Å²) in [5.74, 6) is 0.305. The zero-order valence-electron chi connectivity index (χ0n) is 8.35. The maximum Gasteiger partial charge on any atom is 0.106 e. The van der Waals surface area contributed by atoms with Gasteiger partial charge >= 0.3 is 0 Å². The number of hydrogen-bond donors (Lipinski definition) is 1. The van der Waals surface area contributed by atoms with E-state index in [0.717, 1.165) is 6.54 Å². The Balaban J connectivity index is 3.91. The highest BCUT2D eigenvalue weighted by atomic mass is 16.5. The molecular formula is C9H18N2O. The van der Waals surface area contributed by atoms with Crippen molar-refractivity contribution in [1.29, 1.82) is 5.26 Å². The minimum absolute atomic E-state index is 0.305. The Morgan fingerprint density at radius 3 is 2.50 bits per heavy atom. The van der Waals surface area contributed by atoms with E-state index >= 15 is 0 Å². The Morgan fingerprint density at radius 2 is 2.17 bits per heavy atom. The number of nitrogens with zero attached hydrogens (tertiary/aromatic N) is 1. The normalized spacial score (nSPS) is 15.7. The van der Waals surface area contributed by atoms with Gasteiger partial charge in [-0.05, 0) is 12.8 Å². The fraction of sp³-hybridized carbons (Fsp3) is 0.889. The minimum Gasteiger partial charge on any atom is -0.383 e. The van der Waals surface area contributed by atoms with Gasteiger partial charge in [-0.1, -0.05) is 13.8 Å². The van der Waals surface area contributed by atoms with Gasteiger partial charge in [0, 0.05) is 13.7 Å². The average molecular weight is 170 g/mol. The number of nitrogens with one attached hydrogen (secondary N) is 1. The highest BCUT2D eigenvalue weighted by molar-refractivity contribution is 5.05. The Labute approximate surface area is 74.7 Å². The van der Waals surface area contributed by atoms with Gasteiger partial charge in [0.2, 0.25) is 0 Å². The van der Waals surface area contributed by atoms with Crippen molar-refractivity contribution >= 4 is 0 Å². The van der Waals surface area contributed by atoms with Crippen molar-refractivity contribution in [2.24, 2.45) is 5.92 Å². The molecule has 0 spiro atoms. The van der Waals surface area contributed by atoms with Crippen molar-refractivity contribution in [2.75, 3.05) is 20.3 Å². The topological polar surface area (TPSA) is 45.0 Å². The van der Waals surface area contributed by atoms with Crippen LogP contribution in [0.3, 0.4) is 0 Å². The van der Waals surface area contributed by atoms with E-state index in [9.17, 15) is 0 Å². The Hall–Kier alpha value is -0.590. The van der Waals surface area contributed by atoms with Crippen molar-refractivity contribution in [3.05, 3.63) is 0 Å². The second-order valence-electron chi connectivity index (χ2n) is 3.39. The van der Waals surface area contributed by atoms with E-state index in [2.05, 4.69) is 11.4 Å². The second kappa shape index (κ2) is 5.13. The zero-order valence-corrected chi connectivity index (χ0v) is 8.35. The summed E-state index contributed by atoms with van der Waals surface area (Å²) < 4.78 is 4.89. The molecule has 0 saturated heterocycles. The molecule has 0 aromatic carbocycles. The summed E-state index contributed by atoms with van der Waals surface area (Å²) >= 11 is 0. The third kappa shape index (κ3) is 3.21. The van der Waals surface area contributed by atoms with Crippen LogP contribution in [0.5, 0.6) is 0 Å². The van der Waals surface area contributed by atoms with Crippen molar-refractivity contribution < 1.29 is 4.74 Å². The van der Waals surface area contributed by atoms with Crippen LogP contribution in [0.2, 0.25) is 0 Å². The SMILES string of the molecule is COCCNC(C)(C#N)C(C)C. The molecule has 0 aliphatic rings. The van der Waals surface area contributed by atoms with Crippen LogP contribution in [0.25, 0.3) is 0 Å². The Kier molecular flexibility index (Phi) is 4.87. The molecule has 3 nitrogen and oxygen atoms in total. The lowest BCUT2D eigenvalue weighted by molar-refractivity contribution is 0.186. The molecule has 0 fully saturated rings. The van der Waals surface area contributed by atoms with Crippen LogP contribution in [-0.2, 0) is 4.74 Å². The summed E-state index contributed by atoms with van der Waals surface area (Å²) in [5.41, 5.74) is -0.432. The predicted molar refractivity (Wildman–Crippen MR) is 48.7 cm³/mol. The molecule has 0 heterocycles.